The molecule has 4 rings (SSSR count). The Kier molecular flexibility index (Phi) is 5.48. The van der Waals surface area contributed by atoms with E-state index in [0.717, 1.165) is 30.8 Å². The Hall–Kier alpha value is -2.22. The van der Waals surface area contributed by atoms with Crippen molar-refractivity contribution >= 4 is 20.9 Å². The first-order valence-corrected chi connectivity index (χ1v) is 11.1. The molecule has 0 radical (unpaired) electrons. The summed E-state index contributed by atoms with van der Waals surface area (Å²) in [5, 5.41) is 0.0941. The molecule has 1 saturated heterocycles. The maximum atomic E-state index is 14.2. The number of fused-ring (bicyclic) bond motifs is 1. The zero-order chi connectivity index (χ0) is 19.6. The van der Waals surface area contributed by atoms with Crippen LogP contribution in [0.1, 0.15) is 30.4 Å². The van der Waals surface area contributed by atoms with Gasteiger partial charge in [0.2, 0.25) is 10.0 Å². The van der Waals surface area contributed by atoms with Gasteiger partial charge < -0.3 is 4.98 Å². The maximum Gasteiger partial charge on any atom is 0.243 e. The standard InChI is InChI=1S/C21H24FN3O2S/c22-18-9-6-10-19-21(18)20(14-23-19)28(26,27)24-13-16-7-2-3-8-17(16)15-25-11-4-1-5-12-25/h2-3,6-10,14,23-24H,1,4-5,11-13,15H2. The van der Waals surface area contributed by atoms with Crippen molar-refractivity contribution in [3.63, 3.8) is 0 Å². The lowest BCUT2D eigenvalue weighted by Gasteiger charge is -2.27. The van der Waals surface area contributed by atoms with Gasteiger partial charge in [-0.25, -0.2) is 17.5 Å². The second-order valence-electron chi connectivity index (χ2n) is 7.25. The highest BCUT2D eigenvalue weighted by Gasteiger charge is 2.21. The van der Waals surface area contributed by atoms with E-state index in [1.165, 1.54) is 31.5 Å². The average Bonchev–Trinajstić information content (AvgIpc) is 3.15. The molecule has 0 atom stereocenters. The quantitative estimate of drug-likeness (QED) is 0.661. The predicted octanol–water partition coefficient (Wildman–Crippen LogP) is 3.77. The van der Waals surface area contributed by atoms with Gasteiger partial charge in [0, 0.05) is 24.8 Å². The van der Waals surface area contributed by atoms with Gasteiger partial charge in [-0.1, -0.05) is 36.8 Å². The van der Waals surface area contributed by atoms with E-state index < -0.39 is 15.8 Å². The summed E-state index contributed by atoms with van der Waals surface area (Å²) in [6.07, 6.45) is 5.04. The summed E-state index contributed by atoms with van der Waals surface area (Å²) in [4.78, 5) is 5.18. The lowest BCUT2D eigenvalue weighted by atomic mass is 10.1. The number of H-pyrrole nitrogens is 1. The van der Waals surface area contributed by atoms with Gasteiger partial charge >= 0.3 is 0 Å². The zero-order valence-corrected chi connectivity index (χ0v) is 16.4. The molecule has 0 amide bonds. The van der Waals surface area contributed by atoms with Crippen LogP contribution in [0.4, 0.5) is 4.39 Å². The summed E-state index contributed by atoms with van der Waals surface area (Å²) < 4.78 is 42.5. The third-order valence-corrected chi connectivity index (χ3v) is 6.75. The van der Waals surface area contributed by atoms with E-state index in [4.69, 9.17) is 0 Å². The SMILES string of the molecule is O=S(=O)(NCc1ccccc1CN1CCCCC1)c1c[nH]c2cccc(F)c12. The van der Waals surface area contributed by atoms with Gasteiger partial charge in [-0.2, -0.15) is 0 Å². The molecule has 0 spiro atoms. The van der Waals surface area contributed by atoms with Crippen LogP contribution in [-0.2, 0) is 23.1 Å². The van der Waals surface area contributed by atoms with E-state index in [1.54, 1.807) is 12.1 Å². The number of piperidine rings is 1. The van der Waals surface area contributed by atoms with Crippen LogP contribution in [0.15, 0.2) is 53.6 Å². The summed E-state index contributed by atoms with van der Waals surface area (Å²) in [5.41, 5.74) is 2.53. The van der Waals surface area contributed by atoms with E-state index in [-0.39, 0.29) is 16.8 Å². The van der Waals surface area contributed by atoms with Crippen molar-refractivity contribution in [2.45, 2.75) is 37.2 Å². The predicted molar refractivity (Wildman–Crippen MR) is 108 cm³/mol. The van der Waals surface area contributed by atoms with Crippen molar-refractivity contribution < 1.29 is 12.8 Å². The lowest BCUT2D eigenvalue weighted by Crippen LogP contribution is -2.30. The van der Waals surface area contributed by atoms with Crippen LogP contribution in [0.3, 0.4) is 0 Å². The summed E-state index contributed by atoms with van der Waals surface area (Å²) in [6.45, 7) is 3.15. The molecule has 3 aromatic rings. The van der Waals surface area contributed by atoms with Crippen molar-refractivity contribution in [3.8, 4) is 0 Å². The fraction of sp³-hybridized carbons (Fsp3) is 0.333. The van der Waals surface area contributed by atoms with Crippen molar-refractivity contribution in [2.75, 3.05) is 13.1 Å². The lowest BCUT2D eigenvalue weighted by molar-refractivity contribution is 0.220. The second kappa shape index (κ2) is 8.03. The number of aromatic nitrogens is 1. The Labute approximate surface area is 164 Å². The minimum atomic E-state index is -3.85. The summed E-state index contributed by atoms with van der Waals surface area (Å²) in [6, 6.07) is 12.4. The largest absolute Gasteiger partial charge is 0.360 e. The Morgan fingerprint density at radius 3 is 2.54 bits per heavy atom. The number of likely N-dealkylation sites (tertiary alicyclic amines) is 1. The molecule has 0 unspecified atom stereocenters. The number of sulfonamides is 1. The molecule has 148 valence electrons. The fourth-order valence-electron chi connectivity index (χ4n) is 3.82. The number of nitrogens with one attached hydrogen (secondary N) is 2. The highest BCUT2D eigenvalue weighted by molar-refractivity contribution is 7.89. The molecule has 0 saturated carbocycles. The van der Waals surface area contributed by atoms with Crippen molar-refractivity contribution in [1.82, 2.24) is 14.6 Å². The van der Waals surface area contributed by atoms with E-state index in [9.17, 15) is 12.8 Å². The Bertz CT molecular complexity index is 1070. The topological polar surface area (TPSA) is 65.2 Å². The molecule has 1 fully saturated rings. The van der Waals surface area contributed by atoms with Gasteiger partial charge in [-0.3, -0.25) is 4.90 Å². The van der Waals surface area contributed by atoms with Crippen molar-refractivity contribution in [3.05, 3.63) is 65.6 Å². The highest BCUT2D eigenvalue weighted by Crippen LogP contribution is 2.25. The number of rotatable bonds is 6. The van der Waals surface area contributed by atoms with Crippen LogP contribution in [0.25, 0.3) is 10.9 Å². The van der Waals surface area contributed by atoms with Crippen LogP contribution in [0, 0.1) is 5.82 Å². The highest BCUT2D eigenvalue weighted by atomic mass is 32.2. The first-order valence-electron chi connectivity index (χ1n) is 9.59. The fourth-order valence-corrected chi connectivity index (χ4v) is 5.01. The number of nitrogens with zero attached hydrogens (tertiary/aromatic N) is 1. The van der Waals surface area contributed by atoms with E-state index in [2.05, 4.69) is 14.6 Å². The third kappa shape index (κ3) is 3.97. The monoisotopic (exact) mass is 401 g/mol. The first-order chi connectivity index (χ1) is 13.5. The van der Waals surface area contributed by atoms with Crippen LogP contribution in [0.2, 0.25) is 0 Å². The smallest absolute Gasteiger partial charge is 0.243 e. The van der Waals surface area contributed by atoms with E-state index in [0.29, 0.717) is 5.52 Å². The minimum absolute atomic E-state index is 0.0610. The van der Waals surface area contributed by atoms with Gasteiger partial charge in [0.1, 0.15) is 10.7 Å². The molecular formula is C21H24FN3O2S. The first kappa shape index (κ1) is 19.1. The molecule has 28 heavy (non-hydrogen) atoms. The molecule has 2 heterocycles. The van der Waals surface area contributed by atoms with Crippen LogP contribution >= 0.6 is 0 Å². The Morgan fingerprint density at radius 1 is 1.00 bits per heavy atom. The number of benzene rings is 2. The summed E-state index contributed by atoms with van der Waals surface area (Å²) in [5.74, 6) is -0.551. The zero-order valence-electron chi connectivity index (χ0n) is 15.6. The van der Waals surface area contributed by atoms with Gasteiger partial charge in [0.15, 0.2) is 0 Å². The minimum Gasteiger partial charge on any atom is -0.360 e. The van der Waals surface area contributed by atoms with Gasteiger partial charge in [-0.05, 0) is 49.2 Å². The van der Waals surface area contributed by atoms with Crippen molar-refractivity contribution in [1.29, 1.82) is 0 Å². The number of hydrogen-bond acceptors (Lipinski definition) is 3. The molecule has 1 aliphatic heterocycles. The second-order valence-corrected chi connectivity index (χ2v) is 8.98. The molecular weight excluding hydrogens is 377 g/mol. The Balaban J connectivity index is 1.54. The molecule has 2 N–H and O–H groups in total. The van der Waals surface area contributed by atoms with E-state index >= 15 is 0 Å². The molecule has 1 aliphatic rings. The van der Waals surface area contributed by atoms with Crippen LogP contribution in [-0.4, -0.2) is 31.4 Å². The molecule has 2 aromatic carbocycles. The van der Waals surface area contributed by atoms with Gasteiger partial charge in [0.05, 0.1) is 5.39 Å². The number of aromatic amines is 1. The molecule has 7 heteroatoms. The summed E-state index contributed by atoms with van der Waals surface area (Å²) in [7, 11) is -3.85. The number of hydrogen-bond donors (Lipinski definition) is 2. The maximum absolute atomic E-state index is 14.2. The molecule has 0 aliphatic carbocycles. The normalized spacial score (nSPS) is 15.9. The molecule has 5 nitrogen and oxygen atoms in total. The van der Waals surface area contributed by atoms with E-state index in [1.807, 2.05) is 24.3 Å². The van der Waals surface area contributed by atoms with Crippen LogP contribution in [0.5, 0.6) is 0 Å². The van der Waals surface area contributed by atoms with Gasteiger partial charge in [-0.15, -0.1) is 0 Å². The molecule has 1 aromatic heterocycles. The van der Waals surface area contributed by atoms with Crippen LogP contribution < -0.4 is 4.72 Å². The summed E-state index contributed by atoms with van der Waals surface area (Å²) >= 11 is 0. The average molecular weight is 402 g/mol. The van der Waals surface area contributed by atoms with Gasteiger partial charge in [0.25, 0.3) is 0 Å². The number of halogens is 1. The molecule has 0 bridgehead atoms. The third-order valence-electron chi connectivity index (χ3n) is 5.32. The van der Waals surface area contributed by atoms with Crippen molar-refractivity contribution in [2.24, 2.45) is 0 Å². The Morgan fingerprint density at radius 2 is 1.75 bits per heavy atom.